The van der Waals surface area contributed by atoms with E-state index >= 15 is 0 Å². The lowest BCUT2D eigenvalue weighted by Crippen LogP contribution is -2.51. The van der Waals surface area contributed by atoms with Crippen LogP contribution in [0.25, 0.3) is 0 Å². The Labute approximate surface area is 182 Å². The molecule has 0 aliphatic heterocycles. The zero-order chi connectivity index (χ0) is 23.0. The van der Waals surface area contributed by atoms with Gasteiger partial charge >= 0.3 is 8.25 Å². The molecule has 2 saturated carbocycles. The number of ether oxygens (including phenoxy) is 2. The summed E-state index contributed by atoms with van der Waals surface area (Å²) in [6.07, 6.45) is 2.98. The molecule has 0 aromatic rings. The second-order valence-corrected chi connectivity index (χ2v) is 11.2. The topological polar surface area (TPSA) is 94.5 Å². The maximum Gasteiger partial charge on any atom is 0.703 e. The Morgan fingerprint density at radius 1 is 0.700 bits per heavy atom. The smallest absolute Gasteiger partial charge is 0.393 e. The Balaban J connectivity index is 2.28. The molecule has 0 aromatic heterocycles. The lowest BCUT2D eigenvalue weighted by Gasteiger charge is -2.40. The van der Waals surface area contributed by atoms with Crippen LogP contribution >= 0.6 is 8.25 Å². The second-order valence-electron chi connectivity index (χ2n) is 10.4. The van der Waals surface area contributed by atoms with Crippen molar-refractivity contribution in [1.82, 2.24) is 0 Å². The summed E-state index contributed by atoms with van der Waals surface area (Å²) in [6.45, 7) is 15.4. The SMILES string of the molecule is CC(C)C(O[P+](=O)OC(OC1(CO)CC1)(C(C)C)C(C)C)(OC1(CO)CC1)C(C)C. The van der Waals surface area contributed by atoms with Crippen molar-refractivity contribution in [2.24, 2.45) is 23.7 Å². The van der Waals surface area contributed by atoms with Crippen LogP contribution in [-0.4, -0.2) is 46.2 Å². The molecule has 176 valence electrons. The maximum atomic E-state index is 13.3. The largest absolute Gasteiger partial charge is 0.703 e. The van der Waals surface area contributed by atoms with Crippen molar-refractivity contribution < 1.29 is 33.3 Å². The fourth-order valence-corrected chi connectivity index (χ4v) is 5.48. The summed E-state index contributed by atoms with van der Waals surface area (Å²) in [5, 5.41) is 19.6. The molecule has 0 spiro atoms. The first-order chi connectivity index (χ1) is 13.8. The molecule has 2 aliphatic carbocycles. The van der Waals surface area contributed by atoms with Gasteiger partial charge in [0.25, 0.3) is 0 Å². The van der Waals surface area contributed by atoms with Gasteiger partial charge in [0, 0.05) is 28.2 Å². The molecule has 0 unspecified atom stereocenters. The lowest BCUT2D eigenvalue weighted by atomic mass is 9.91. The maximum absolute atomic E-state index is 13.3. The molecule has 2 N–H and O–H groups in total. The molecule has 0 amide bonds. The van der Waals surface area contributed by atoms with Crippen molar-refractivity contribution in [3.63, 3.8) is 0 Å². The van der Waals surface area contributed by atoms with Crippen LogP contribution in [0.4, 0.5) is 0 Å². The van der Waals surface area contributed by atoms with Gasteiger partial charge in [0.2, 0.25) is 11.6 Å². The van der Waals surface area contributed by atoms with Gasteiger partial charge in [-0.05, 0) is 25.7 Å². The van der Waals surface area contributed by atoms with Gasteiger partial charge in [0.1, 0.15) is 0 Å². The third kappa shape index (κ3) is 5.25. The van der Waals surface area contributed by atoms with Gasteiger partial charge in [-0.3, -0.25) is 0 Å². The van der Waals surface area contributed by atoms with E-state index in [-0.39, 0.29) is 36.9 Å². The van der Waals surface area contributed by atoms with E-state index in [2.05, 4.69) is 0 Å². The van der Waals surface area contributed by atoms with Gasteiger partial charge < -0.3 is 19.7 Å². The summed E-state index contributed by atoms with van der Waals surface area (Å²) in [7, 11) is -2.61. The molecule has 2 aliphatic rings. The molecule has 7 nitrogen and oxygen atoms in total. The minimum Gasteiger partial charge on any atom is -0.393 e. The van der Waals surface area contributed by atoms with Gasteiger partial charge in [0.05, 0.1) is 24.4 Å². The number of aliphatic hydroxyl groups excluding tert-OH is 2. The second kappa shape index (κ2) is 9.38. The highest BCUT2D eigenvalue weighted by Gasteiger charge is 2.61. The predicted octanol–water partition coefficient (Wildman–Crippen LogP) is 4.78. The van der Waals surface area contributed by atoms with E-state index in [4.69, 9.17) is 18.5 Å². The average Bonchev–Trinajstić information content (AvgIpc) is 3.57. The highest BCUT2D eigenvalue weighted by atomic mass is 31.1. The Kier molecular flexibility index (Phi) is 8.17. The molecule has 0 atom stereocenters. The van der Waals surface area contributed by atoms with Gasteiger partial charge in [-0.1, -0.05) is 64.4 Å². The zero-order valence-electron chi connectivity index (χ0n) is 19.9. The summed E-state index contributed by atoms with van der Waals surface area (Å²) >= 11 is 0. The normalized spacial score (nSPS) is 20.5. The van der Waals surface area contributed by atoms with Crippen molar-refractivity contribution >= 4 is 8.25 Å². The molecule has 2 rings (SSSR count). The molecular formula is C22H42O7P+. The number of aliphatic hydroxyl groups is 2. The van der Waals surface area contributed by atoms with Gasteiger partial charge in [-0.2, -0.15) is 0 Å². The number of hydrogen-bond donors (Lipinski definition) is 2. The summed E-state index contributed by atoms with van der Waals surface area (Å²) in [6, 6.07) is 0. The molecule has 0 radical (unpaired) electrons. The van der Waals surface area contributed by atoms with E-state index in [0.717, 1.165) is 25.7 Å². The van der Waals surface area contributed by atoms with Crippen LogP contribution in [-0.2, 0) is 23.1 Å². The third-order valence-electron chi connectivity index (χ3n) is 6.60. The summed E-state index contributed by atoms with van der Waals surface area (Å²) in [4.78, 5) is 0. The first-order valence-corrected chi connectivity index (χ1v) is 12.4. The first kappa shape index (κ1) is 26.1. The predicted molar refractivity (Wildman–Crippen MR) is 115 cm³/mol. The van der Waals surface area contributed by atoms with Gasteiger partial charge in [-0.15, -0.1) is 0 Å². The molecule has 30 heavy (non-hydrogen) atoms. The fourth-order valence-electron chi connectivity index (χ4n) is 4.06. The van der Waals surface area contributed by atoms with Crippen molar-refractivity contribution in [2.75, 3.05) is 13.2 Å². The molecular weight excluding hydrogens is 407 g/mol. The fraction of sp³-hybridized carbons (Fsp3) is 1.00. The third-order valence-corrected chi connectivity index (χ3v) is 7.47. The number of hydrogen-bond acceptors (Lipinski definition) is 7. The Morgan fingerprint density at radius 2 is 0.967 bits per heavy atom. The molecule has 0 bridgehead atoms. The van der Waals surface area contributed by atoms with Crippen LogP contribution in [0.2, 0.25) is 0 Å². The number of rotatable bonds is 14. The van der Waals surface area contributed by atoms with E-state index in [1.165, 1.54) is 0 Å². The summed E-state index contributed by atoms with van der Waals surface area (Å²) in [5.41, 5.74) is -1.27. The molecule has 0 heterocycles. The summed E-state index contributed by atoms with van der Waals surface area (Å²) < 4.78 is 38.1. The monoisotopic (exact) mass is 449 g/mol. The average molecular weight is 450 g/mol. The van der Waals surface area contributed by atoms with Crippen LogP contribution < -0.4 is 0 Å². The lowest BCUT2D eigenvalue weighted by molar-refractivity contribution is -0.297. The Hall–Kier alpha value is -0.140. The van der Waals surface area contributed by atoms with E-state index in [1.807, 2.05) is 55.4 Å². The van der Waals surface area contributed by atoms with E-state index in [0.29, 0.717) is 0 Å². The van der Waals surface area contributed by atoms with E-state index in [1.54, 1.807) is 0 Å². The van der Waals surface area contributed by atoms with E-state index in [9.17, 15) is 14.8 Å². The zero-order valence-corrected chi connectivity index (χ0v) is 20.8. The van der Waals surface area contributed by atoms with Crippen LogP contribution in [0.5, 0.6) is 0 Å². The van der Waals surface area contributed by atoms with E-state index < -0.39 is 31.0 Å². The minimum atomic E-state index is -2.61. The summed E-state index contributed by atoms with van der Waals surface area (Å²) in [5.74, 6) is -2.81. The quantitative estimate of drug-likeness (QED) is 0.291. The van der Waals surface area contributed by atoms with Crippen LogP contribution in [0.1, 0.15) is 81.1 Å². The van der Waals surface area contributed by atoms with Crippen LogP contribution in [0.3, 0.4) is 0 Å². The molecule has 2 fully saturated rings. The van der Waals surface area contributed by atoms with Crippen molar-refractivity contribution in [1.29, 1.82) is 0 Å². The Morgan fingerprint density at radius 3 is 1.13 bits per heavy atom. The molecule has 8 heteroatoms. The van der Waals surface area contributed by atoms with Crippen LogP contribution in [0, 0.1) is 23.7 Å². The highest BCUT2D eigenvalue weighted by molar-refractivity contribution is 7.33. The van der Waals surface area contributed by atoms with Crippen molar-refractivity contribution in [2.45, 2.75) is 104 Å². The van der Waals surface area contributed by atoms with Crippen LogP contribution in [0.15, 0.2) is 0 Å². The standard InChI is InChI=1S/C22H42O7P/c1-15(2)21(16(3)4,26-19(13-23)9-10-19)28-30(25)29-22(17(5)6,18(7)8)27-20(14-24)11-12-20/h15-18,23-24H,9-14H2,1-8H3/q+1. The molecule has 0 aromatic carbocycles. The Bertz CT molecular complexity index is 528. The van der Waals surface area contributed by atoms with Gasteiger partial charge in [-0.25, -0.2) is 0 Å². The van der Waals surface area contributed by atoms with Gasteiger partial charge in [0.15, 0.2) is 0 Å². The van der Waals surface area contributed by atoms with Crippen molar-refractivity contribution in [3.05, 3.63) is 0 Å². The highest BCUT2D eigenvalue weighted by Crippen LogP contribution is 2.54. The minimum absolute atomic E-state index is 0.0980. The first-order valence-electron chi connectivity index (χ1n) is 11.3. The van der Waals surface area contributed by atoms with Crippen molar-refractivity contribution in [3.8, 4) is 0 Å². The molecule has 0 saturated heterocycles.